The lowest BCUT2D eigenvalue weighted by molar-refractivity contribution is 0.301. The topological polar surface area (TPSA) is 100 Å². The van der Waals surface area contributed by atoms with Gasteiger partial charge >= 0.3 is 0 Å². The highest BCUT2D eigenvalue weighted by molar-refractivity contribution is 7.15. The molecule has 0 spiro atoms. The molecule has 8 nitrogen and oxygen atoms in total. The number of ether oxygens (including phenoxy) is 1. The van der Waals surface area contributed by atoms with Crippen LogP contribution in [0.2, 0.25) is 0 Å². The van der Waals surface area contributed by atoms with Gasteiger partial charge in [0, 0.05) is 16.6 Å². The minimum atomic E-state index is -0.394. The Kier molecular flexibility index (Phi) is 5.91. The van der Waals surface area contributed by atoms with Crippen LogP contribution < -0.4 is 16.0 Å². The Morgan fingerprint density at radius 1 is 1.05 bits per heavy atom. The molecule has 2 aliphatic rings. The highest BCUT2D eigenvalue weighted by Crippen LogP contribution is 2.48. The molecule has 0 radical (unpaired) electrons. The molecule has 2 fully saturated rings. The molecule has 2 aliphatic carbocycles. The van der Waals surface area contributed by atoms with Crippen molar-refractivity contribution in [1.82, 2.24) is 24.1 Å². The molecule has 0 unspecified atom stereocenters. The number of benzene rings is 2. The standard InChI is InChI=1S/C33H29FN6O2S/c1-17-12-21(8-11-25(17)42-23-9-10-23)29-28-31(35)36-16-37-32(28)40(38-29)30(19-6-7-19)24-14-26-39(18(2)15-43-26)33(41)27(24)20-4-3-5-22(34)13-20/h3-5,8,11-16,19,23,30H,6-7,9-10H2,1-2H3,(H2,35,36,37)/t30-/m0/s1. The fourth-order valence-corrected chi connectivity index (χ4v) is 7.00. The Morgan fingerprint density at radius 2 is 1.88 bits per heavy atom. The lowest BCUT2D eigenvalue weighted by Gasteiger charge is -2.22. The van der Waals surface area contributed by atoms with E-state index in [2.05, 4.69) is 22.1 Å². The monoisotopic (exact) mass is 592 g/mol. The zero-order valence-electron chi connectivity index (χ0n) is 23.8. The highest BCUT2D eigenvalue weighted by Gasteiger charge is 2.39. The summed E-state index contributed by atoms with van der Waals surface area (Å²) in [6.45, 7) is 3.94. The maximum atomic E-state index is 14.6. The molecule has 0 aliphatic heterocycles. The van der Waals surface area contributed by atoms with Gasteiger partial charge in [-0.2, -0.15) is 5.10 Å². The van der Waals surface area contributed by atoms with Crippen LogP contribution in [-0.2, 0) is 0 Å². The van der Waals surface area contributed by atoms with Crippen molar-refractivity contribution in [2.45, 2.75) is 51.7 Å². The summed E-state index contributed by atoms with van der Waals surface area (Å²) in [7, 11) is 0. The summed E-state index contributed by atoms with van der Waals surface area (Å²) >= 11 is 1.52. The van der Waals surface area contributed by atoms with E-state index < -0.39 is 5.82 Å². The number of anilines is 1. The summed E-state index contributed by atoms with van der Waals surface area (Å²) < 4.78 is 24.3. The number of halogens is 1. The first-order valence-corrected chi connectivity index (χ1v) is 15.4. The van der Waals surface area contributed by atoms with Crippen LogP contribution in [0.3, 0.4) is 0 Å². The van der Waals surface area contributed by atoms with E-state index in [1.807, 2.05) is 36.0 Å². The zero-order chi connectivity index (χ0) is 29.4. The fourth-order valence-electron chi connectivity index (χ4n) is 6.07. The Bertz CT molecular complexity index is 2120. The van der Waals surface area contributed by atoms with Crippen molar-refractivity contribution in [2.75, 3.05) is 5.73 Å². The molecule has 0 bridgehead atoms. The van der Waals surface area contributed by atoms with Crippen molar-refractivity contribution >= 4 is 33.0 Å². The summed E-state index contributed by atoms with van der Waals surface area (Å²) in [5.74, 6) is 1.04. The van der Waals surface area contributed by atoms with Crippen LogP contribution in [0.4, 0.5) is 10.2 Å². The van der Waals surface area contributed by atoms with Crippen molar-refractivity contribution in [3.8, 4) is 28.1 Å². The molecule has 0 saturated heterocycles. The molecule has 216 valence electrons. The van der Waals surface area contributed by atoms with Crippen LogP contribution in [0.1, 0.15) is 48.5 Å². The van der Waals surface area contributed by atoms with Gasteiger partial charge in [0.05, 0.1) is 23.1 Å². The molecule has 2 aromatic carbocycles. The molecule has 0 amide bonds. The molecule has 4 heterocycles. The third-order valence-corrected chi connectivity index (χ3v) is 9.46. The smallest absolute Gasteiger partial charge is 0.264 e. The number of thiazole rings is 1. The molecular weight excluding hydrogens is 563 g/mol. The summed E-state index contributed by atoms with van der Waals surface area (Å²) in [6.07, 6.45) is 5.87. The first-order chi connectivity index (χ1) is 20.9. The molecule has 43 heavy (non-hydrogen) atoms. The van der Waals surface area contributed by atoms with Gasteiger partial charge in [-0.1, -0.05) is 12.1 Å². The van der Waals surface area contributed by atoms with Crippen LogP contribution in [0.5, 0.6) is 5.75 Å². The number of hydrogen-bond acceptors (Lipinski definition) is 7. The Balaban J connectivity index is 1.37. The van der Waals surface area contributed by atoms with Crippen LogP contribution in [0, 0.1) is 25.6 Å². The van der Waals surface area contributed by atoms with Gasteiger partial charge in [-0.3, -0.25) is 9.20 Å². The second-order valence-electron chi connectivity index (χ2n) is 11.7. The number of pyridine rings is 1. The maximum absolute atomic E-state index is 14.6. The molecule has 2 N–H and O–H groups in total. The van der Waals surface area contributed by atoms with Crippen LogP contribution in [-0.4, -0.2) is 30.3 Å². The molecular formula is C33H29FN6O2S. The Labute approximate surface area is 250 Å². The van der Waals surface area contributed by atoms with E-state index >= 15 is 0 Å². The van der Waals surface area contributed by atoms with Crippen LogP contribution >= 0.6 is 11.3 Å². The highest BCUT2D eigenvalue weighted by atomic mass is 32.1. The van der Waals surface area contributed by atoms with Crippen molar-refractivity contribution in [3.05, 3.63) is 93.2 Å². The third-order valence-electron chi connectivity index (χ3n) is 8.46. The second kappa shape index (κ2) is 9.74. The van der Waals surface area contributed by atoms with E-state index in [0.29, 0.717) is 39.8 Å². The zero-order valence-corrected chi connectivity index (χ0v) is 24.6. The van der Waals surface area contributed by atoms with E-state index in [4.69, 9.17) is 15.6 Å². The Hall–Kier alpha value is -4.57. The summed E-state index contributed by atoms with van der Waals surface area (Å²) in [6, 6.07) is 14.1. The predicted octanol–water partition coefficient (Wildman–Crippen LogP) is 6.71. The first kappa shape index (κ1) is 26.1. The van der Waals surface area contributed by atoms with E-state index in [1.165, 1.54) is 29.8 Å². The van der Waals surface area contributed by atoms with Gasteiger partial charge in [0.1, 0.15) is 34.2 Å². The fraction of sp³-hybridized carbons (Fsp3) is 0.273. The second-order valence-corrected chi connectivity index (χ2v) is 12.6. The van der Waals surface area contributed by atoms with Gasteiger partial charge < -0.3 is 10.5 Å². The number of nitrogens with two attached hydrogens (primary N) is 1. The van der Waals surface area contributed by atoms with E-state index in [1.54, 1.807) is 16.5 Å². The van der Waals surface area contributed by atoms with Crippen molar-refractivity contribution in [1.29, 1.82) is 0 Å². The largest absolute Gasteiger partial charge is 0.490 e. The Morgan fingerprint density at radius 3 is 2.63 bits per heavy atom. The predicted molar refractivity (Wildman–Crippen MR) is 166 cm³/mol. The number of fused-ring (bicyclic) bond motifs is 2. The molecule has 10 heteroatoms. The number of nitrogen functional groups attached to an aromatic ring is 1. The van der Waals surface area contributed by atoms with Gasteiger partial charge in [-0.05, 0) is 98.5 Å². The average molecular weight is 593 g/mol. The van der Waals surface area contributed by atoms with Gasteiger partial charge in [-0.15, -0.1) is 11.3 Å². The lowest BCUT2D eigenvalue weighted by Crippen LogP contribution is -2.23. The number of aryl methyl sites for hydroxylation is 2. The number of aromatic nitrogens is 5. The quantitative estimate of drug-likeness (QED) is 0.221. The van der Waals surface area contributed by atoms with Gasteiger partial charge in [0.25, 0.3) is 5.56 Å². The van der Waals surface area contributed by atoms with Crippen LogP contribution in [0.15, 0.2) is 65.0 Å². The summed E-state index contributed by atoms with van der Waals surface area (Å²) in [5.41, 5.74) is 12.2. The summed E-state index contributed by atoms with van der Waals surface area (Å²) in [5, 5.41) is 7.82. The third kappa shape index (κ3) is 4.39. The minimum absolute atomic E-state index is 0.171. The van der Waals surface area contributed by atoms with E-state index in [0.717, 1.165) is 58.6 Å². The molecule has 6 aromatic rings. The van der Waals surface area contributed by atoms with Crippen molar-refractivity contribution < 1.29 is 9.13 Å². The van der Waals surface area contributed by atoms with Crippen LogP contribution in [0.25, 0.3) is 38.2 Å². The lowest BCUT2D eigenvalue weighted by atomic mass is 9.93. The SMILES string of the molecule is Cc1cc(-c2nn([C@H](c3cc4scc(C)n4c(=O)c3-c3cccc(F)c3)C3CC3)c3ncnc(N)c23)ccc1OC1CC1. The minimum Gasteiger partial charge on any atom is -0.490 e. The van der Waals surface area contributed by atoms with Gasteiger partial charge in [0.15, 0.2) is 5.65 Å². The summed E-state index contributed by atoms with van der Waals surface area (Å²) in [4.78, 5) is 24.0. The average Bonchev–Trinajstić information content (AvgIpc) is 3.91. The van der Waals surface area contributed by atoms with Gasteiger partial charge in [0.2, 0.25) is 0 Å². The first-order valence-electron chi connectivity index (χ1n) is 14.5. The number of hydrogen-bond donors (Lipinski definition) is 1. The van der Waals surface area contributed by atoms with Gasteiger partial charge in [-0.25, -0.2) is 19.0 Å². The normalized spacial score (nSPS) is 15.8. The van der Waals surface area contributed by atoms with Crippen molar-refractivity contribution in [3.63, 3.8) is 0 Å². The number of nitrogens with zero attached hydrogens (tertiary/aromatic N) is 5. The number of rotatable bonds is 7. The molecule has 4 aromatic heterocycles. The van der Waals surface area contributed by atoms with E-state index in [-0.39, 0.29) is 17.5 Å². The molecule has 1 atom stereocenters. The molecule has 2 saturated carbocycles. The molecule has 8 rings (SSSR count). The maximum Gasteiger partial charge on any atom is 0.264 e. The van der Waals surface area contributed by atoms with Crippen molar-refractivity contribution in [2.24, 2.45) is 5.92 Å². The van der Waals surface area contributed by atoms with E-state index in [9.17, 15) is 9.18 Å².